The van der Waals surface area contributed by atoms with Crippen molar-refractivity contribution in [2.24, 2.45) is 0 Å². The van der Waals surface area contributed by atoms with Gasteiger partial charge in [0.15, 0.2) is 5.88 Å². The summed E-state index contributed by atoms with van der Waals surface area (Å²) in [5, 5.41) is 0. The molecule has 0 saturated carbocycles. The fraction of sp³-hybridized carbons (Fsp3) is 0.333. The molecule has 1 aromatic carbocycles. The van der Waals surface area contributed by atoms with E-state index in [-0.39, 0.29) is 6.04 Å². The van der Waals surface area contributed by atoms with Gasteiger partial charge in [-0.1, -0.05) is 59.5 Å². The highest BCUT2D eigenvalue weighted by Crippen LogP contribution is 2.35. The van der Waals surface area contributed by atoms with Crippen LogP contribution in [-0.4, -0.2) is 15.9 Å². The summed E-state index contributed by atoms with van der Waals surface area (Å²) in [5.74, 6) is 0.724. The van der Waals surface area contributed by atoms with Crippen LogP contribution in [0.5, 0.6) is 0 Å². The molecule has 1 aliphatic heterocycles. The number of rotatable bonds is 5. The predicted molar refractivity (Wildman–Crippen MR) is 83.4 cm³/mol. The molecular weight excluding hydrogens is 337 g/mol. The Hall–Kier alpha value is -0.970. The van der Waals surface area contributed by atoms with Crippen LogP contribution in [0.4, 0.5) is 0 Å². The molecule has 1 aromatic rings. The van der Waals surface area contributed by atoms with Gasteiger partial charge in [-0.25, -0.2) is 0 Å². The van der Waals surface area contributed by atoms with E-state index in [0.29, 0.717) is 6.61 Å². The van der Waals surface area contributed by atoms with Gasteiger partial charge in [0.2, 0.25) is 0 Å². The summed E-state index contributed by atoms with van der Waals surface area (Å²) in [7, 11) is 0. The first-order chi connectivity index (χ1) is 8.74. The summed E-state index contributed by atoms with van der Waals surface area (Å²) < 4.78 is 6.75. The van der Waals surface area contributed by atoms with Crippen LogP contribution in [0.25, 0.3) is 0 Å². The Morgan fingerprint density at radius 1 is 1.39 bits per heavy atom. The zero-order valence-corrected chi connectivity index (χ0v) is 12.6. The van der Waals surface area contributed by atoms with E-state index in [1.807, 2.05) is 6.07 Å². The van der Waals surface area contributed by atoms with Gasteiger partial charge in [0.05, 0.1) is 6.04 Å². The van der Waals surface area contributed by atoms with Crippen LogP contribution in [0, 0.1) is 0 Å². The molecule has 0 radical (unpaired) electrons. The third kappa shape index (κ3) is 2.88. The van der Waals surface area contributed by atoms with Crippen molar-refractivity contribution in [2.75, 3.05) is 11.0 Å². The highest BCUT2D eigenvalue weighted by molar-refractivity contribution is 14.1. The van der Waals surface area contributed by atoms with E-state index in [1.54, 1.807) is 0 Å². The smallest absolute Gasteiger partial charge is 0.186 e. The van der Waals surface area contributed by atoms with Crippen molar-refractivity contribution in [1.82, 2.24) is 4.90 Å². The first-order valence-electron chi connectivity index (χ1n) is 6.13. The second-order valence-corrected chi connectivity index (χ2v) is 5.44. The van der Waals surface area contributed by atoms with Crippen LogP contribution in [0.1, 0.15) is 24.4 Å². The van der Waals surface area contributed by atoms with Crippen LogP contribution in [0.15, 0.2) is 55.1 Å². The van der Waals surface area contributed by atoms with E-state index in [0.717, 1.165) is 28.8 Å². The van der Waals surface area contributed by atoms with Crippen molar-refractivity contribution in [1.29, 1.82) is 0 Å². The average molecular weight is 355 g/mol. The van der Waals surface area contributed by atoms with Gasteiger partial charge in [0.25, 0.3) is 0 Å². The topological polar surface area (TPSA) is 12.5 Å². The Labute approximate surface area is 122 Å². The molecule has 1 aliphatic rings. The minimum atomic E-state index is 0.223. The SMILES string of the molecule is C=C(CCCI)N1C(=C)OC[C@@H]1c1ccccc1. The van der Waals surface area contributed by atoms with Gasteiger partial charge in [-0.2, -0.15) is 0 Å². The Morgan fingerprint density at radius 2 is 2.11 bits per heavy atom. The zero-order chi connectivity index (χ0) is 13.0. The van der Waals surface area contributed by atoms with E-state index in [9.17, 15) is 0 Å². The highest BCUT2D eigenvalue weighted by atomic mass is 127. The summed E-state index contributed by atoms with van der Waals surface area (Å²) in [6, 6.07) is 10.6. The maximum Gasteiger partial charge on any atom is 0.186 e. The Balaban J connectivity index is 2.15. The van der Waals surface area contributed by atoms with E-state index in [1.165, 1.54) is 5.56 Å². The molecule has 0 amide bonds. The van der Waals surface area contributed by atoms with Crippen LogP contribution in [-0.2, 0) is 4.74 Å². The molecule has 3 heteroatoms. The highest BCUT2D eigenvalue weighted by Gasteiger charge is 2.31. The molecule has 1 saturated heterocycles. The maximum absolute atomic E-state index is 5.60. The molecule has 0 bridgehead atoms. The lowest BCUT2D eigenvalue weighted by Gasteiger charge is -2.26. The standard InChI is InChI=1S/C15H18INO/c1-12(7-6-10-16)17-13(2)18-11-15(17)14-8-4-3-5-9-14/h3-5,8-9,15H,1-2,6-7,10-11H2/t15-/m1/s1. The summed E-state index contributed by atoms with van der Waals surface area (Å²) in [4.78, 5) is 2.14. The molecule has 18 heavy (non-hydrogen) atoms. The average Bonchev–Trinajstić information content (AvgIpc) is 2.79. The Kier molecular flexibility index (Phi) is 4.69. The van der Waals surface area contributed by atoms with Crippen molar-refractivity contribution < 1.29 is 4.74 Å². The summed E-state index contributed by atoms with van der Waals surface area (Å²) in [6.07, 6.45) is 2.14. The van der Waals surface area contributed by atoms with E-state index in [4.69, 9.17) is 4.74 Å². The molecular formula is C15H18INO. The molecule has 2 nitrogen and oxygen atoms in total. The monoisotopic (exact) mass is 355 g/mol. The fourth-order valence-electron chi connectivity index (χ4n) is 2.20. The van der Waals surface area contributed by atoms with Gasteiger partial charge in [-0.15, -0.1) is 0 Å². The largest absolute Gasteiger partial charge is 0.477 e. The van der Waals surface area contributed by atoms with Crippen LogP contribution in [0.2, 0.25) is 0 Å². The molecule has 2 rings (SSSR count). The molecule has 0 aliphatic carbocycles. The third-order valence-electron chi connectivity index (χ3n) is 3.11. The molecule has 0 N–H and O–H groups in total. The van der Waals surface area contributed by atoms with E-state index >= 15 is 0 Å². The van der Waals surface area contributed by atoms with Crippen LogP contribution >= 0.6 is 22.6 Å². The number of halogens is 1. The number of alkyl halides is 1. The van der Waals surface area contributed by atoms with Gasteiger partial charge in [0, 0.05) is 5.70 Å². The van der Waals surface area contributed by atoms with Crippen molar-refractivity contribution in [3.8, 4) is 0 Å². The van der Waals surface area contributed by atoms with Crippen molar-refractivity contribution in [3.05, 3.63) is 60.6 Å². The lowest BCUT2D eigenvalue weighted by molar-refractivity contribution is 0.246. The third-order valence-corrected chi connectivity index (χ3v) is 3.87. The van der Waals surface area contributed by atoms with Crippen molar-refractivity contribution in [3.63, 3.8) is 0 Å². The van der Waals surface area contributed by atoms with Gasteiger partial charge in [0.1, 0.15) is 6.61 Å². The molecule has 96 valence electrons. The number of ether oxygens (including phenoxy) is 1. The van der Waals surface area contributed by atoms with Crippen LogP contribution in [0.3, 0.4) is 0 Å². The predicted octanol–water partition coefficient (Wildman–Crippen LogP) is 4.26. The number of benzene rings is 1. The number of allylic oxidation sites excluding steroid dienone is 1. The molecule has 1 heterocycles. The van der Waals surface area contributed by atoms with Gasteiger partial charge in [-0.05, 0) is 29.4 Å². The van der Waals surface area contributed by atoms with E-state index < -0.39 is 0 Å². The van der Waals surface area contributed by atoms with E-state index in [2.05, 4.69) is 64.9 Å². The summed E-state index contributed by atoms with van der Waals surface area (Å²) in [6.45, 7) is 8.82. The van der Waals surface area contributed by atoms with Crippen molar-refractivity contribution in [2.45, 2.75) is 18.9 Å². The number of hydrogen-bond donors (Lipinski definition) is 0. The lowest BCUT2D eigenvalue weighted by atomic mass is 10.1. The Morgan fingerprint density at radius 3 is 2.78 bits per heavy atom. The number of nitrogens with zero attached hydrogens (tertiary/aromatic N) is 1. The molecule has 0 aromatic heterocycles. The van der Waals surface area contributed by atoms with Crippen LogP contribution < -0.4 is 0 Å². The molecule has 1 fully saturated rings. The summed E-state index contributed by atoms with van der Waals surface area (Å²) in [5.41, 5.74) is 2.36. The second-order valence-electron chi connectivity index (χ2n) is 4.36. The zero-order valence-electron chi connectivity index (χ0n) is 10.4. The quantitative estimate of drug-likeness (QED) is 0.578. The minimum Gasteiger partial charge on any atom is -0.477 e. The van der Waals surface area contributed by atoms with Crippen molar-refractivity contribution >= 4 is 22.6 Å². The maximum atomic E-state index is 5.60. The Bertz CT molecular complexity index is 429. The lowest BCUT2D eigenvalue weighted by Crippen LogP contribution is -2.21. The van der Waals surface area contributed by atoms with Gasteiger partial charge in [-0.3, -0.25) is 0 Å². The first-order valence-corrected chi connectivity index (χ1v) is 7.66. The fourth-order valence-corrected chi connectivity index (χ4v) is 2.58. The molecule has 0 unspecified atom stereocenters. The first kappa shape index (κ1) is 13.5. The normalized spacial score (nSPS) is 18.8. The summed E-state index contributed by atoms with van der Waals surface area (Å²) >= 11 is 2.39. The molecule has 1 atom stereocenters. The molecule has 0 spiro atoms. The van der Waals surface area contributed by atoms with Gasteiger partial charge < -0.3 is 9.64 Å². The number of hydrogen-bond acceptors (Lipinski definition) is 2. The van der Waals surface area contributed by atoms with Gasteiger partial charge >= 0.3 is 0 Å². The minimum absolute atomic E-state index is 0.223. The second kappa shape index (κ2) is 6.27.